The molecule has 1 aromatic carbocycles. The summed E-state index contributed by atoms with van der Waals surface area (Å²) in [7, 11) is 0. The molecule has 0 radical (unpaired) electrons. The van der Waals surface area contributed by atoms with Crippen LogP contribution in [0.25, 0.3) is 6.08 Å². The Morgan fingerprint density at radius 2 is 2.00 bits per heavy atom. The summed E-state index contributed by atoms with van der Waals surface area (Å²) in [5.41, 5.74) is 2.71. The maximum atomic E-state index is 2.51. The lowest BCUT2D eigenvalue weighted by Gasteiger charge is -2.29. The van der Waals surface area contributed by atoms with Crippen LogP contribution < -0.4 is 4.90 Å². The van der Waals surface area contributed by atoms with Crippen LogP contribution in [0.1, 0.15) is 38.2 Å². The van der Waals surface area contributed by atoms with Gasteiger partial charge in [0.05, 0.1) is 0 Å². The molecule has 0 atom stereocenters. The van der Waals surface area contributed by atoms with E-state index in [0.717, 1.165) is 6.42 Å². The van der Waals surface area contributed by atoms with Crippen LogP contribution in [0, 0.1) is 0 Å². The van der Waals surface area contributed by atoms with Crippen LogP contribution in [0.15, 0.2) is 30.3 Å². The molecule has 1 aromatic rings. The van der Waals surface area contributed by atoms with Gasteiger partial charge >= 0.3 is 0 Å². The van der Waals surface area contributed by atoms with E-state index >= 15 is 0 Å². The van der Waals surface area contributed by atoms with Crippen molar-refractivity contribution in [2.75, 3.05) is 18.0 Å². The van der Waals surface area contributed by atoms with Crippen LogP contribution in [0.5, 0.6) is 0 Å². The number of rotatable bonds is 3. The van der Waals surface area contributed by atoms with E-state index in [1.807, 2.05) is 0 Å². The Kier molecular flexibility index (Phi) is 4.03. The van der Waals surface area contributed by atoms with Gasteiger partial charge in [-0.15, -0.1) is 0 Å². The minimum Gasteiger partial charge on any atom is -0.372 e. The van der Waals surface area contributed by atoms with Gasteiger partial charge in [0, 0.05) is 18.8 Å². The molecule has 0 aromatic heterocycles. The predicted octanol–water partition coefficient (Wildman–Crippen LogP) is 4.10. The zero-order valence-corrected chi connectivity index (χ0v) is 10.2. The third-order valence-corrected chi connectivity index (χ3v) is 3.14. The number of nitrogens with zero attached hydrogens (tertiary/aromatic N) is 1. The van der Waals surface area contributed by atoms with Crippen molar-refractivity contribution in [2.24, 2.45) is 0 Å². The summed E-state index contributed by atoms with van der Waals surface area (Å²) in [5, 5.41) is 0. The fourth-order valence-electron chi connectivity index (χ4n) is 2.23. The van der Waals surface area contributed by atoms with Gasteiger partial charge in [-0.25, -0.2) is 0 Å². The molecule has 0 unspecified atom stereocenters. The van der Waals surface area contributed by atoms with Crippen molar-refractivity contribution in [3.8, 4) is 0 Å². The molecule has 0 amide bonds. The Bertz CT molecular complexity index is 348. The van der Waals surface area contributed by atoms with Crippen molar-refractivity contribution in [1.29, 1.82) is 0 Å². The van der Waals surface area contributed by atoms with Crippen LogP contribution in [0.2, 0.25) is 0 Å². The molecule has 2 rings (SSSR count). The quantitative estimate of drug-likeness (QED) is 0.733. The summed E-state index contributed by atoms with van der Waals surface area (Å²) in [6.45, 7) is 4.62. The first-order valence-corrected chi connectivity index (χ1v) is 6.41. The maximum Gasteiger partial charge on any atom is 0.0372 e. The van der Waals surface area contributed by atoms with Gasteiger partial charge in [0.1, 0.15) is 0 Å². The van der Waals surface area contributed by atoms with Crippen LogP contribution in [-0.4, -0.2) is 13.1 Å². The van der Waals surface area contributed by atoms with Crippen LogP contribution in [0.4, 0.5) is 5.69 Å². The molecule has 1 heteroatoms. The summed E-state index contributed by atoms with van der Waals surface area (Å²) in [6, 6.07) is 8.88. The second-order valence-corrected chi connectivity index (χ2v) is 4.45. The molecule has 1 nitrogen and oxygen atoms in total. The second-order valence-electron chi connectivity index (χ2n) is 4.45. The summed E-state index contributed by atoms with van der Waals surface area (Å²) < 4.78 is 0. The lowest BCUT2D eigenvalue weighted by Crippen LogP contribution is -2.29. The van der Waals surface area contributed by atoms with Gasteiger partial charge in [-0.2, -0.15) is 0 Å². The Morgan fingerprint density at radius 1 is 1.19 bits per heavy atom. The van der Waals surface area contributed by atoms with Crippen molar-refractivity contribution in [3.05, 3.63) is 35.9 Å². The van der Waals surface area contributed by atoms with Crippen LogP contribution >= 0.6 is 0 Å². The number of anilines is 1. The molecular formula is C15H21N. The SMILES string of the molecule is CCC=Cc1cccc(N2CCCCC2)c1. The molecule has 86 valence electrons. The molecule has 0 bridgehead atoms. The molecule has 1 fully saturated rings. The highest BCUT2D eigenvalue weighted by Gasteiger charge is 2.10. The molecular weight excluding hydrogens is 194 g/mol. The number of hydrogen-bond donors (Lipinski definition) is 0. The first-order chi connectivity index (χ1) is 7.90. The van der Waals surface area contributed by atoms with Crippen LogP contribution in [-0.2, 0) is 0 Å². The molecule has 1 heterocycles. The molecule has 1 aliphatic heterocycles. The van der Waals surface area contributed by atoms with Crippen molar-refractivity contribution >= 4 is 11.8 Å². The zero-order chi connectivity index (χ0) is 11.2. The Hall–Kier alpha value is -1.24. The molecule has 0 N–H and O–H groups in total. The van der Waals surface area contributed by atoms with Crippen molar-refractivity contribution in [1.82, 2.24) is 0 Å². The first-order valence-electron chi connectivity index (χ1n) is 6.41. The van der Waals surface area contributed by atoms with Gasteiger partial charge in [0.2, 0.25) is 0 Å². The number of benzene rings is 1. The summed E-state index contributed by atoms with van der Waals surface area (Å²) in [6.07, 6.45) is 9.62. The Labute approximate surface area is 98.8 Å². The highest BCUT2D eigenvalue weighted by molar-refractivity contribution is 5.58. The van der Waals surface area contributed by atoms with Crippen molar-refractivity contribution in [3.63, 3.8) is 0 Å². The fourth-order valence-corrected chi connectivity index (χ4v) is 2.23. The van der Waals surface area contributed by atoms with Crippen molar-refractivity contribution < 1.29 is 0 Å². The lowest BCUT2D eigenvalue weighted by atomic mass is 10.1. The maximum absolute atomic E-state index is 2.51. The monoisotopic (exact) mass is 215 g/mol. The fraction of sp³-hybridized carbons (Fsp3) is 0.467. The van der Waals surface area contributed by atoms with Gasteiger partial charge in [0.15, 0.2) is 0 Å². The van der Waals surface area contributed by atoms with Gasteiger partial charge in [-0.3, -0.25) is 0 Å². The summed E-state index contributed by atoms with van der Waals surface area (Å²) in [4.78, 5) is 2.51. The highest BCUT2D eigenvalue weighted by atomic mass is 15.1. The zero-order valence-electron chi connectivity index (χ0n) is 10.2. The van der Waals surface area contributed by atoms with Crippen LogP contribution in [0.3, 0.4) is 0 Å². The van der Waals surface area contributed by atoms with Gasteiger partial charge in [0.25, 0.3) is 0 Å². The van der Waals surface area contributed by atoms with Crippen molar-refractivity contribution in [2.45, 2.75) is 32.6 Å². The molecule has 0 aliphatic carbocycles. The topological polar surface area (TPSA) is 3.24 Å². The van der Waals surface area contributed by atoms with Gasteiger partial charge < -0.3 is 4.90 Å². The average molecular weight is 215 g/mol. The first kappa shape index (κ1) is 11.3. The van der Waals surface area contributed by atoms with E-state index < -0.39 is 0 Å². The normalized spacial score (nSPS) is 16.9. The minimum atomic E-state index is 1.11. The smallest absolute Gasteiger partial charge is 0.0372 e. The van der Waals surface area contributed by atoms with E-state index in [0.29, 0.717) is 0 Å². The van der Waals surface area contributed by atoms with E-state index in [2.05, 4.69) is 48.2 Å². The minimum absolute atomic E-state index is 1.11. The van der Waals surface area contributed by atoms with E-state index in [1.165, 1.54) is 43.6 Å². The number of hydrogen-bond acceptors (Lipinski definition) is 1. The number of allylic oxidation sites excluding steroid dienone is 1. The third-order valence-electron chi connectivity index (χ3n) is 3.14. The third kappa shape index (κ3) is 2.88. The number of piperidine rings is 1. The summed E-state index contributed by atoms with van der Waals surface area (Å²) in [5.74, 6) is 0. The molecule has 0 spiro atoms. The molecule has 1 saturated heterocycles. The Balaban J connectivity index is 2.11. The van der Waals surface area contributed by atoms with Gasteiger partial charge in [-0.1, -0.05) is 31.2 Å². The van der Waals surface area contributed by atoms with E-state index in [1.54, 1.807) is 0 Å². The standard InChI is InChI=1S/C15H21N/c1-2-3-8-14-9-7-10-15(13-14)16-11-5-4-6-12-16/h3,7-10,13H,2,4-6,11-12H2,1H3. The second kappa shape index (κ2) is 5.74. The Morgan fingerprint density at radius 3 is 2.75 bits per heavy atom. The summed E-state index contributed by atoms with van der Waals surface area (Å²) >= 11 is 0. The van der Waals surface area contributed by atoms with Gasteiger partial charge in [-0.05, 0) is 43.4 Å². The predicted molar refractivity (Wildman–Crippen MR) is 71.8 cm³/mol. The molecule has 16 heavy (non-hydrogen) atoms. The highest BCUT2D eigenvalue weighted by Crippen LogP contribution is 2.21. The molecule has 0 saturated carbocycles. The van der Waals surface area contributed by atoms with E-state index in [-0.39, 0.29) is 0 Å². The average Bonchev–Trinajstić information content (AvgIpc) is 2.38. The largest absolute Gasteiger partial charge is 0.372 e. The van der Waals surface area contributed by atoms with E-state index in [4.69, 9.17) is 0 Å². The lowest BCUT2D eigenvalue weighted by molar-refractivity contribution is 0.578. The molecule has 1 aliphatic rings. The van der Waals surface area contributed by atoms with E-state index in [9.17, 15) is 0 Å².